The lowest BCUT2D eigenvalue weighted by atomic mass is 9.90. The molecule has 0 aliphatic rings. The Bertz CT molecular complexity index is 2970. The fraction of sp³-hybridized carbons (Fsp3) is 0. The van der Waals surface area contributed by atoms with Gasteiger partial charge in [-0.3, -0.25) is 0 Å². The molecule has 0 radical (unpaired) electrons. The van der Waals surface area contributed by atoms with E-state index in [1.165, 1.54) is 11.1 Å². The zero-order valence-electron chi connectivity index (χ0n) is 29.9. The van der Waals surface area contributed by atoms with Crippen LogP contribution in [0.1, 0.15) is 0 Å². The lowest BCUT2D eigenvalue weighted by Gasteiger charge is -2.16. The number of benzene rings is 8. The van der Waals surface area contributed by atoms with Gasteiger partial charge in [0.2, 0.25) is 0 Å². The molecule has 2 heterocycles. The third-order valence-electron chi connectivity index (χ3n) is 10.3. The molecule has 2 aromatic heterocycles. The first kappa shape index (κ1) is 32.3. The number of hydrogen-bond donors (Lipinski definition) is 0. The van der Waals surface area contributed by atoms with E-state index in [4.69, 9.17) is 14.4 Å². The smallest absolute Gasteiger partial charge is 0.160 e. The highest BCUT2D eigenvalue weighted by molar-refractivity contribution is 6.06. The highest BCUT2D eigenvalue weighted by Gasteiger charge is 2.17. The largest absolute Gasteiger partial charge is 0.456 e. The molecule has 0 saturated heterocycles. The fourth-order valence-electron chi connectivity index (χ4n) is 7.63. The predicted molar refractivity (Wildman–Crippen MR) is 227 cm³/mol. The summed E-state index contributed by atoms with van der Waals surface area (Å²) in [4.78, 5) is 10.5. The van der Waals surface area contributed by atoms with Crippen molar-refractivity contribution in [2.24, 2.45) is 0 Å². The van der Waals surface area contributed by atoms with Crippen LogP contribution in [-0.4, -0.2) is 9.97 Å². The van der Waals surface area contributed by atoms with E-state index < -0.39 is 0 Å². The second kappa shape index (κ2) is 13.9. The van der Waals surface area contributed by atoms with Gasteiger partial charge in [0.15, 0.2) is 5.82 Å². The van der Waals surface area contributed by atoms with Crippen molar-refractivity contribution in [3.8, 4) is 78.4 Å². The Hall–Kier alpha value is -7.36. The van der Waals surface area contributed by atoms with Crippen molar-refractivity contribution in [1.29, 1.82) is 0 Å². The number of hydrogen-bond acceptors (Lipinski definition) is 3. The van der Waals surface area contributed by atoms with Gasteiger partial charge in [-0.2, -0.15) is 0 Å². The molecule has 0 unspecified atom stereocenters. The maximum Gasteiger partial charge on any atom is 0.160 e. The molecule has 8 aromatic carbocycles. The van der Waals surface area contributed by atoms with Gasteiger partial charge in [-0.15, -0.1) is 0 Å². The Kier molecular flexibility index (Phi) is 8.16. The molecule has 10 rings (SSSR count). The summed E-state index contributed by atoms with van der Waals surface area (Å²) in [6.45, 7) is 0. The first-order valence-corrected chi connectivity index (χ1v) is 18.6. The van der Waals surface area contributed by atoms with Gasteiger partial charge in [0, 0.05) is 27.5 Å². The van der Waals surface area contributed by atoms with Crippen LogP contribution in [0.2, 0.25) is 0 Å². The molecule has 0 bridgehead atoms. The van der Waals surface area contributed by atoms with Crippen LogP contribution in [-0.2, 0) is 0 Å². The Labute approximate surface area is 319 Å². The van der Waals surface area contributed by atoms with E-state index in [0.29, 0.717) is 5.82 Å². The zero-order valence-corrected chi connectivity index (χ0v) is 29.9. The summed E-state index contributed by atoms with van der Waals surface area (Å²) in [6.07, 6.45) is 0. The molecule has 55 heavy (non-hydrogen) atoms. The Balaban J connectivity index is 1.22. The van der Waals surface area contributed by atoms with E-state index in [1.54, 1.807) is 0 Å². The normalized spacial score (nSPS) is 11.3. The molecule has 3 nitrogen and oxygen atoms in total. The summed E-state index contributed by atoms with van der Waals surface area (Å²) in [5.41, 5.74) is 15.6. The number of rotatable bonds is 7. The molecule has 0 N–H and O–H groups in total. The molecule has 0 atom stereocenters. The van der Waals surface area contributed by atoms with Gasteiger partial charge < -0.3 is 4.42 Å². The van der Waals surface area contributed by atoms with Crippen LogP contribution >= 0.6 is 0 Å². The van der Waals surface area contributed by atoms with E-state index in [9.17, 15) is 0 Å². The zero-order chi connectivity index (χ0) is 36.6. The van der Waals surface area contributed by atoms with Crippen LogP contribution in [0.5, 0.6) is 0 Å². The monoisotopic (exact) mass is 702 g/mol. The van der Waals surface area contributed by atoms with Crippen molar-refractivity contribution in [3.05, 3.63) is 206 Å². The van der Waals surface area contributed by atoms with E-state index in [-0.39, 0.29) is 0 Å². The second-order valence-electron chi connectivity index (χ2n) is 13.8. The van der Waals surface area contributed by atoms with Gasteiger partial charge in [-0.1, -0.05) is 164 Å². The van der Waals surface area contributed by atoms with Gasteiger partial charge in [0.05, 0.1) is 11.4 Å². The molecule has 0 amide bonds. The molecule has 0 aliphatic heterocycles. The highest BCUT2D eigenvalue weighted by Crippen LogP contribution is 2.40. The van der Waals surface area contributed by atoms with Crippen molar-refractivity contribution in [2.75, 3.05) is 0 Å². The number of fused-ring (bicyclic) bond motifs is 3. The van der Waals surface area contributed by atoms with E-state index in [1.807, 2.05) is 30.3 Å². The van der Waals surface area contributed by atoms with Gasteiger partial charge in [0.25, 0.3) is 0 Å². The molecular formula is C52H34N2O. The van der Waals surface area contributed by atoms with Crippen molar-refractivity contribution in [2.45, 2.75) is 0 Å². The third kappa shape index (κ3) is 6.18. The topological polar surface area (TPSA) is 38.9 Å². The van der Waals surface area contributed by atoms with Crippen LogP contribution < -0.4 is 0 Å². The molecule has 3 heteroatoms. The maximum atomic E-state index is 6.23. The number of aromatic nitrogens is 2. The Morgan fingerprint density at radius 1 is 0.273 bits per heavy atom. The van der Waals surface area contributed by atoms with Gasteiger partial charge >= 0.3 is 0 Å². The van der Waals surface area contributed by atoms with Crippen molar-refractivity contribution >= 4 is 21.9 Å². The average molecular weight is 703 g/mol. The molecule has 10 aromatic rings. The van der Waals surface area contributed by atoms with Gasteiger partial charge in [-0.25, -0.2) is 9.97 Å². The summed E-state index contributed by atoms with van der Waals surface area (Å²) in [6, 6.07) is 72.3. The molecule has 0 spiro atoms. The van der Waals surface area contributed by atoms with Crippen LogP contribution in [0, 0.1) is 0 Å². The van der Waals surface area contributed by atoms with Crippen LogP contribution in [0.25, 0.3) is 100 Å². The summed E-state index contributed by atoms with van der Waals surface area (Å²) >= 11 is 0. The Morgan fingerprint density at radius 2 is 0.764 bits per heavy atom. The number of nitrogens with zero attached hydrogens (tertiary/aromatic N) is 2. The third-order valence-corrected chi connectivity index (χ3v) is 10.3. The lowest BCUT2D eigenvalue weighted by Crippen LogP contribution is -1.97. The number of para-hydroxylation sites is 1. The summed E-state index contributed by atoms with van der Waals surface area (Å²) in [5.74, 6) is 0.680. The average Bonchev–Trinajstić information content (AvgIpc) is 3.65. The minimum absolute atomic E-state index is 0.680. The molecular weight excluding hydrogens is 669 g/mol. The quantitative estimate of drug-likeness (QED) is 0.166. The van der Waals surface area contributed by atoms with Crippen LogP contribution in [0.3, 0.4) is 0 Å². The van der Waals surface area contributed by atoms with Gasteiger partial charge in [-0.05, 0) is 87.0 Å². The second-order valence-corrected chi connectivity index (χ2v) is 13.8. The van der Waals surface area contributed by atoms with Crippen LogP contribution in [0.4, 0.5) is 0 Å². The van der Waals surface area contributed by atoms with E-state index in [2.05, 4.69) is 176 Å². The van der Waals surface area contributed by atoms with Crippen molar-refractivity contribution < 1.29 is 4.42 Å². The molecule has 0 fully saturated rings. The number of furan rings is 1. The molecule has 0 aliphatic carbocycles. The van der Waals surface area contributed by atoms with Gasteiger partial charge in [0.1, 0.15) is 11.2 Å². The van der Waals surface area contributed by atoms with Crippen molar-refractivity contribution in [3.63, 3.8) is 0 Å². The van der Waals surface area contributed by atoms with E-state index >= 15 is 0 Å². The van der Waals surface area contributed by atoms with Crippen molar-refractivity contribution in [1.82, 2.24) is 9.97 Å². The summed E-state index contributed by atoms with van der Waals surface area (Å²) < 4.78 is 6.23. The lowest BCUT2D eigenvalue weighted by molar-refractivity contribution is 0.669. The SMILES string of the molecule is c1ccc(-c2nc(-c3cc(-c4ccc5oc6ccccc6c5c4)cc(-c4ccccc4-c4ccccc4)c3)cc(-c3ccccc3-c3ccccc3)n2)cc1. The van der Waals surface area contributed by atoms with Crippen LogP contribution in [0.15, 0.2) is 211 Å². The minimum atomic E-state index is 0.680. The standard InChI is InChI=1S/C52H34N2O/c1-4-16-35(17-5-1)42-22-10-11-24-44(42)40-30-39(38-28-29-51-47(33-38)46-26-14-15-27-50(46)55-51)31-41(32-40)48-34-49(54-52(53-48)37-20-8-3-9-21-37)45-25-13-12-23-43(45)36-18-6-2-7-19-36/h1-34H. The molecule has 258 valence electrons. The summed E-state index contributed by atoms with van der Waals surface area (Å²) in [5, 5.41) is 2.20. The first-order chi connectivity index (χ1) is 27.2. The highest BCUT2D eigenvalue weighted by atomic mass is 16.3. The fourth-order valence-corrected chi connectivity index (χ4v) is 7.63. The predicted octanol–water partition coefficient (Wildman–Crippen LogP) is 14.0. The minimum Gasteiger partial charge on any atom is -0.456 e. The molecule has 0 saturated carbocycles. The summed E-state index contributed by atoms with van der Waals surface area (Å²) in [7, 11) is 0. The first-order valence-electron chi connectivity index (χ1n) is 18.6. The Morgan fingerprint density at radius 3 is 1.45 bits per heavy atom. The van der Waals surface area contributed by atoms with E-state index in [0.717, 1.165) is 83.4 Å². The maximum absolute atomic E-state index is 6.23.